The average molecular weight is 2080 g/mol. The van der Waals surface area contributed by atoms with Crippen LogP contribution < -0.4 is 10.6 Å². The van der Waals surface area contributed by atoms with Crippen LogP contribution in [-0.2, 0) is 85.6 Å². The van der Waals surface area contributed by atoms with Crippen molar-refractivity contribution in [3.63, 3.8) is 0 Å². The van der Waals surface area contributed by atoms with Crippen molar-refractivity contribution in [1.29, 1.82) is 0 Å². The molecule has 0 spiro atoms. The van der Waals surface area contributed by atoms with Gasteiger partial charge in [-0.25, -0.2) is 0 Å². The summed E-state index contributed by atoms with van der Waals surface area (Å²) in [6.07, 6.45) is -12.4. The first kappa shape index (κ1) is 129. The normalized spacial score (nSPS) is 38.1. The third-order valence-electron chi connectivity index (χ3n) is 29.2. The Hall–Kier alpha value is -7.28. The van der Waals surface area contributed by atoms with Gasteiger partial charge in [0.05, 0.1) is 94.1 Å². The van der Waals surface area contributed by atoms with Gasteiger partial charge in [0.2, 0.25) is 0 Å². The molecule has 8 heterocycles. The van der Waals surface area contributed by atoms with Crippen LogP contribution in [0.2, 0.25) is 0 Å². The Balaban J connectivity index is 0.000000447. The number of aliphatic hydroxyl groups is 10. The molecular weight excluding hydrogens is 1900 g/mol. The lowest BCUT2D eigenvalue weighted by Crippen LogP contribution is -2.60. The van der Waals surface area contributed by atoms with Gasteiger partial charge in [0.15, 0.2) is 25.2 Å². The Morgan fingerprint density at radius 1 is 0.459 bits per heavy atom. The molecule has 0 saturated carbocycles. The first-order chi connectivity index (χ1) is 67.8. The topological polar surface area (TPSA) is 559 Å². The molecule has 4 aromatic rings. The maximum atomic E-state index is 14.6. The van der Waals surface area contributed by atoms with Gasteiger partial charge in [0.1, 0.15) is 60.0 Å². The number of likely N-dealkylation sites (N-methyl/N-ethyl adjacent to an activating group) is 2. The van der Waals surface area contributed by atoms with Gasteiger partial charge in [-0.15, -0.1) is 0 Å². The summed E-state index contributed by atoms with van der Waals surface area (Å²) in [6.45, 7) is 43.0. The number of nitrogens with one attached hydrogen (secondary N) is 2. The predicted octanol–water partition coefficient (Wildman–Crippen LogP) is 9.01. The van der Waals surface area contributed by atoms with Crippen LogP contribution in [0.1, 0.15) is 230 Å². The van der Waals surface area contributed by atoms with Crippen LogP contribution in [-0.4, -0.2) is 399 Å². The van der Waals surface area contributed by atoms with Crippen molar-refractivity contribution < 1.29 is 157 Å². The molecule has 6 saturated heterocycles. The van der Waals surface area contributed by atoms with E-state index in [-0.39, 0.29) is 74.7 Å². The molecular formula is C106H180N8O32. The highest BCUT2D eigenvalue weighted by molar-refractivity contribution is 5.91. The van der Waals surface area contributed by atoms with Crippen LogP contribution >= 0.6 is 0 Å². The molecule has 36 atom stereocenters. The lowest BCUT2D eigenvalue weighted by Gasteiger charge is -2.48. The average Bonchev–Trinajstić information content (AvgIpc) is 1.15. The van der Waals surface area contributed by atoms with E-state index in [9.17, 15) is 60.7 Å². The Morgan fingerprint density at radius 2 is 0.767 bits per heavy atom. The van der Waals surface area contributed by atoms with E-state index in [1.54, 1.807) is 81.6 Å². The van der Waals surface area contributed by atoms with E-state index < -0.39 is 216 Å². The quantitative estimate of drug-likeness (QED) is 0.0230. The van der Waals surface area contributed by atoms with Gasteiger partial charge in [-0.1, -0.05) is 77.9 Å². The second-order valence-corrected chi connectivity index (χ2v) is 42.8. The number of ether oxygens (including phenoxy) is 12. The predicted molar refractivity (Wildman–Crippen MR) is 549 cm³/mol. The molecule has 0 radical (unpaired) electrons. The van der Waals surface area contributed by atoms with Gasteiger partial charge in [0, 0.05) is 165 Å². The number of para-hydroxylation sites is 2. The standard InChI is InChI=1S/2C49H82N4O12.4C2H4O2/c2*1-14-38-49(10,59)42(55)32(6)53(23-17-21-50-36-20-22-51-35-19-16-15-18-34(35)36)27-28(2)25-47(8,58)44(65-46-40(54)37(52(11)12)24-29(3)61-46)30(4)41(31(5)45(57)63-38)64-39-26-48(9,60-13)43(56)33(7)62-39;4*1-2(3)4/h2*15-16,18-20,22,28-33,37-44,46,54-56,58-59H,14,17,21,23-27H2,1-13H3,(H,50,51);4*1H3,(H,3,4)/t2*28-,29-,30+,31-,32-,33+,37+,38-,39+,40-,41+,42-,43+,44-,46+,47-,48-,49-;;;;/m11..../s1. The van der Waals surface area contributed by atoms with Crippen LogP contribution in [0, 0.1) is 35.5 Å². The lowest BCUT2D eigenvalue weighted by molar-refractivity contribution is -0.318. The molecule has 0 bridgehead atoms. The maximum Gasteiger partial charge on any atom is 0.311 e. The molecule has 0 unspecified atom stereocenters. The number of methoxy groups -OCH3 is 2. The number of fused-ring (bicyclic) bond motifs is 2. The molecule has 0 aliphatic carbocycles. The number of rotatable bonds is 24. The van der Waals surface area contributed by atoms with Crippen LogP contribution in [0.25, 0.3) is 21.8 Å². The lowest BCUT2D eigenvalue weighted by atomic mass is 9.77. The third-order valence-corrected chi connectivity index (χ3v) is 29.2. The van der Waals surface area contributed by atoms with Crippen molar-refractivity contribution in [2.45, 2.75) is 411 Å². The number of carboxylic acid groups (broad SMARTS) is 4. The second-order valence-electron chi connectivity index (χ2n) is 42.8. The largest absolute Gasteiger partial charge is 0.481 e. The van der Waals surface area contributed by atoms with E-state index in [1.165, 1.54) is 28.1 Å². The van der Waals surface area contributed by atoms with E-state index in [0.29, 0.717) is 65.0 Å². The number of cyclic esters (lactones) is 2. The highest BCUT2D eigenvalue weighted by Gasteiger charge is 2.57. The summed E-state index contributed by atoms with van der Waals surface area (Å²) in [5, 5.41) is 159. The van der Waals surface area contributed by atoms with Crippen molar-refractivity contribution in [2.24, 2.45) is 35.5 Å². The van der Waals surface area contributed by atoms with Gasteiger partial charge in [0.25, 0.3) is 23.9 Å². The number of pyridine rings is 2. The summed E-state index contributed by atoms with van der Waals surface area (Å²) in [6, 6.07) is 18.0. The summed E-state index contributed by atoms with van der Waals surface area (Å²) in [5.74, 6) is -8.80. The highest BCUT2D eigenvalue weighted by atomic mass is 16.7. The Bertz CT molecular complexity index is 4290. The zero-order chi connectivity index (χ0) is 111. The smallest absolute Gasteiger partial charge is 0.311 e. The number of aliphatic carboxylic acids is 4. The van der Waals surface area contributed by atoms with Gasteiger partial charge in [-0.2, -0.15) is 0 Å². The molecule has 836 valence electrons. The Kier molecular flexibility index (Phi) is 51.3. The minimum atomic E-state index is -1.87. The van der Waals surface area contributed by atoms with Crippen LogP contribution in [0.4, 0.5) is 11.4 Å². The first-order valence-corrected chi connectivity index (χ1v) is 51.3. The van der Waals surface area contributed by atoms with Crippen molar-refractivity contribution in [3.05, 3.63) is 73.1 Å². The number of anilines is 2. The molecule has 6 aliphatic rings. The highest BCUT2D eigenvalue weighted by Crippen LogP contribution is 2.45. The molecule has 40 nitrogen and oxygen atoms in total. The van der Waals surface area contributed by atoms with Gasteiger partial charge < -0.3 is 149 Å². The van der Waals surface area contributed by atoms with E-state index in [2.05, 4.69) is 30.4 Å². The number of carbonyl (C=O) groups excluding carboxylic acids is 2. The maximum absolute atomic E-state index is 14.6. The van der Waals surface area contributed by atoms with E-state index >= 15 is 0 Å². The monoisotopic (exact) mass is 2080 g/mol. The number of aliphatic hydroxyl groups excluding tert-OH is 6. The van der Waals surface area contributed by atoms with Crippen molar-refractivity contribution in [1.82, 2.24) is 29.6 Å². The number of carbonyl (C=O) groups is 6. The van der Waals surface area contributed by atoms with Crippen LogP contribution in [0.3, 0.4) is 0 Å². The fourth-order valence-corrected chi connectivity index (χ4v) is 21.3. The van der Waals surface area contributed by atoms with E-state index in [4.69, 9.17) is 96.4 Å². The molecule has 146 heavy (non-hydrogen) atoms. The Morgan fingerprint density at radius 3 is 1.06 bits per heavy atom. The number of nitrogens with zero attached hydrogens (tertiary/aromatic N) is 6. The van der Waals surface area contributed by atoms with Gasteiger partial charge in [-0.3, -0.25) is 48.5 Å². The number of carboxylic acids is 4. The van der Waals surface area contributed by atoms with Gasteiger partial charge >= 0.3 is 11.9 Å². The fraction of sp³-hybridized carbons (Fsp3) is 0.774. The minimum Gasteiger partial charge on any atom is -0.481 e. The van der Waals surface area contributed by atoms with Crippen LogP contribution in [0.5, 0.6) is 0 Å². The zero-order valence-corrected chi connectivity index (χ0v) is 91.9. The van der Waals surface area contributed by atoms with Crippen molar-refractivity contribution >= 4 is 69.0 Å². The second kappa shape index (κ2) is 58.0. The first-order valence-electron chi connectivity index (χ1n) is 51.3. The molecule has 2 aromatic heterocycles. The zero-order valence-electron chi connectivity index (χ0n) is 91.9. The molecule has 10 rings (SSSR count). The summed E-state index contributed by atoms with van der Waals surface area (Å²) in [4.78, 5) is 82.2. The molecule has 6 aliphatic heterocycles. The van der Waals surface area contributed by atoms with Gasteiger partial charge in [-0.05, 0) is 213 Å². The summed E-state index contributed by atoms with van der Waals surface area (Å²) in [5.41, 5.74) is -5.36. The molecule has 0 amide bonds. The number of hydrogen-bond acceptors (Lipinski definition) is 36. The number of benzene rings is 2. The molecule has 6 fully saturated rings. The molecule has 16 N–H and O–H groups in total. The minimum absolute atomic E-state index is 0.117. The SMILES string of the molecule is CC(=O)O.CC(=O)O.CC(=O)O.CC(=O)O.CC[C@H]1OC(=O)[C@H](C)[C@@H](O[C@H]2C[C@@](C)(OC)[C@@H](O)[C@H](C)O2)[C@H](C)[C@@H](O[C@@H]2O[C@H](C)C[C@H](N(C)C)[C@H]2O)[C@](C)(O)C[C@@H](C)CN(CCCNc2ccnc3ccccc23)[C@H](C)[C@@H](O)[C@]1(C)O.CC[C@H]1OC(=O)[C@H](C)[C@@H](O[C@H]2C[C@@](C)(OC)[C@@H](O)[C@H](C)O2)[C@H](C)[C@@H](O[C@@H]2O[C@H](C)C[C@H](N(C)C)[C@H]2O)[C@](C)(O)C[C@@H](C)CN(CCCNc2ccnc3ccccc23)[C@H](C)[C@@H](O)[C@]1(C)O. The summed E-state index contributed by atoms with van der Waals surface area (Å²) >= 11 is 0. The Labute approximate surface area is 863 Å². The number of aromatic nitrogens is 2. The van der Waals surface area contributed by atoms with E-state index in [0.717, 1.165) is 60.9 Å². The van der Waals surface area contributed by atoms with Crippen LogP contribution in [0.15, 0.2) is 73.1 Å². The number of hydrogen-bond donors (Lipinski definition) is 16. The molecule has 40 heteroatoms. The summed E-state index contributed by atoms with van der Waals surface area (Å²) < 4.78 is 76.3. The van der Waals surface area contributed by atoms with E-state index in [1.807, 2.05) is 154 Å². The molecule has 2 aromatic carbocycles. The fourth-order valence-electron chi connectivity index (χ4n) is 21.3. The third kappa shape index (κ3) is 36.5. The number of esters is 2. The summed E-state index contributed by atoms with van der Waals surface area (Å²) in [7, 11) is 10.6. The van der Waals surface area contributed by atoms with Crippen molar-refractivity contribution in [3.8, 4) is 0 Å². The van der Waals surface area contributed by atoms with Crippen molar-refractivity contribution in [2.75, 3.05) is 92.3 Å².